The molecule has 0 N–H and O–H groups in total. The number of benzene rings is 2. The molecule has 1 atom stereocenters. The molecule has 0 unspecified atom stereocenters. The number of carbonyl (C=O) groups is 2. The molecule has 5 nitrogen and oxygen atoms in total. The van der Waals surface area contributed by atoms with Crippen LogP contribution in [0.25, 0.3) is 0 Å². The fraction of sp³-hybridized carbons (Fsp3) is 0.227. The highest BCUT2D eigenvalue weighted by molar-refractivity contribution is 8.14. The number of amides is 1. The van der Waals surface area contributed by atoms with Crippen molar-refractivity contribution in [3.8, 4) is 0 Å². The minimum absolute atomic E-state index is 0.0211. The zero-order chi connectivity index (χ0) is 19.5. The molecule has 6 heteroatoms. The van der Waals surface area contributed by atoms with Gasteiger partial charge < -0.3 is 4.74 Å². The van der Waals surface area contributed by atoms with Gasteiger partial charge in [0.15, 0.2) is 5.17 Å². The van der Waals surface area contributed by atoms with E-state index in [0.29, 0.717) is 28.6 Å². The van der Waals surface area contributed by atoms with Crippen LogP contribution in [0.1, 0.15) is 30.5 Å². The first-order valence-corrected chi connectivity index (χ1v) is 10.1. The highest BCUT2D eigenvalue weighted by Gasteiger charge is 2.41. The lowest BCUT2D eigenvalue weighted by Crippen LogP contribution is -2.45. The largest absolute Gasteiger partial charge is 0.457 e. The number of esters is 1. The molecule has 2 aliphatic rings. The smallest absolute Gasteiger partial charge is 0.338 e. The lowest BCUT2D eigenvalue weighted by atomic mass is 9.94. The van der Waals surface area contributed by atoms with Crippen LogP contribution in [0.15, 0.2) is 76.9 Å². The number of nitrogens with zero attached hydrogens (tertiary/aromatic N) is 2. The molecule has 2 heterocycles. The molecule has 1 amide bonds. The fourth-order valence-electron chi connectivity index (χ4n) is 3.41. The Bertz CT molecular complexity index is 954. The van der Waals surface area contributed by atoms with E-state index in [0.717, 1.165) is 11.1 Å². The molecule has 28 heavy (non-hydrogen) atoms. The van der Waals surface area contributed by atoms with E-state index in [1.807, 2.05) is 60.7 Å². The average molecular weight is 392 g/mol. The molecule has 1 fully saturated rings. The summed E-state index contributed by atoms with van der Waals surface area (Å²) in [5.41, 5.74) is 2.80. The van der Waals surface area contributed by atoms with Gasteiger partial charge in [0.25, 0.3) is 0 Å². The molecule has 4 rings (SSSR count). The van der Waals surface area contributed by atoms with Crippen molar-refractivity contribution >= 4 is 28.8 Å². The molecule has 0 spiro atoms. The van der Waals surface area contributed by atoms with Gasteiger partial charge >= 0.3 is 5.97 Å². The summed E-state index contributed by atoms with van der Waals surface area (Å²) in [5.74, 6) is 0.241. The third-order valence-corrected chi connectivity index (χ3v) is 5.71. The van der Waals surface area contributed by atoms with Crippen LogP contribution >= 0.6 is 11.8 Å². The minimum atomic E-state index is -0.516. The maximum atomic E-state index is 13.1. The standard InChI is InChI=1S/C22H20N2O3S/c1-15-19(21(26)27-14-16-8-4-2-5-9-16)20(17-10-6-3-7-11-17)24-18(25)12-13-28-22(24)23-15/h2-11,20H,12-14H2,1H3/t20-/m0/s1. The maximum Gasteiger partial charge on any atom is 0.338 e. The van der Waals surface area contributed by atoms with Gasteiger partial charge in [0, 0.05) is 12.2 Å². The van der Waals surface area contributed by atoms with Crippen LogP contribution in [0.5, 0.6) is 0 Å². The van der Waals surface area contributed by atoms with Gasteiger partial charge in [0.2, 0.25) is 5.91 Å². The van der Waals surface area contributed by atoms with E-state index in [-0.39, 0.29) is 12.5 Å². The number of amidine groups is 1. The van der Waals surface area contributed by atoms with Gasteiger partial charge in [0.1, 0.15) is 6.61 Å². The first kappa shape index (κ1) is 18.5. The van der Waals surface area contributed by atoms with Gasteiger partial charge in [-0.15, -0.1) is 0 Å². The first-order valence-electron chi connectivity index (χ1n) is 9.15. The predicted molar refractivity (Wildman–Crippen MR) is 109 cm³/mol. The van der Waals surface area contributed by atoms with Crippen molar-refractivity contribution in [2.24, 2.45) is 4.99 Å². The molecule has 2 aromatic carbocycles. The number of fused-ring (bicyclic) bond motifs is 1. The summed E-state index contributed by atoms with van der Waals surface area (Å²) in [6.45, 7) is 1.98. The van der Waals surface area contributed by atoms with Crippen molar-refractivity contribution in [2.75, 3.05) is 5.75 Å². The Kier molecular flexibility index (Phi) is 5.30. The molecule has 0 aliphatic carbocycles. The summed E-state index contributed by atoms with van der Waals surface area (Å²) in [7, 11) is 0. The monoisotopic (exact) mass is 392 g/mol. The minimum Gasteiger partial charge on any atom is -0.457 e. The van der Waals surface area contributed by atoms with Crippen molar-refractivity contribution in [3.05, 3.63) is 83.1 Å². The van der Waals surface area contributed by atoms with E-state index in [1.165, 1.54) is 0 Å². The van der Waals surface area contributed by atoms with Gasteiger partial charge in [-0.3, -0.25) is 9.69 Å². The fourth-order valence-corrected chi connectivity index (χ4v) is 4.42. The average Bonchev–Trinajstić information content (AvgIpc) is 2.72. The number of hydrogen-bond acceptors (Lipinski definition) is 5. The van der Waals surface area contributed by atoms with Crippen LogP contribution in [0.4, 0.5) is 0 Å². The second-order valence-corrected chi connectivity index (χ2v) is 7.69. The van der Waals surface area contributed by atoms with Gasteiger partial charge in [0.05, 0.1) is 17.3 Å². The molecule has 142 valence electrons. The molecular weight excluding hydrogens is 372 g/mol. The van der Waals surface area contributed by atoms with E-state index in [2.05, 4.69) is 4.99 Å². The lowest BCUT2D eigenvalue weighted by molar-refractivity contribution is -0.141. The van der Waals surface area contributed by atoms with E-state index < -0.39 is 12.0 Å². The SMILES string of the molecule is CC1=C(C(=O)OCc2ccccc2)[C@H](c2ccccc2)N2C(=O)CCSC2=N1. The highest BCUT2D eigenvalue weighted by Crippen LogP contribution is 2.40. The van der Waals surface area contributed by atoms with Crippen LogP contribution in [0, 0.1) is 0 Å². The second kappa shape index (κ2) is 8.02. The summed E-state index contributed by atoms with van der Waals surface area (Å²) in [6.07, 6.45) is 0.429. The molecule has 0 bridgehead atoms. The number of rotatable bonds is 4. The Morgan fingerprint density at radius 2 is 1.82 bits per heavy atom. The first-order chi connectivity index (χ1) is 13.6. The summed E-state index contributed by atoms with van der Waals surface area (Å²) >= 11 is 1.55. The second-order valence-electron chi connectivity index (χ2n) is 6.63. The third kappa shape index (κ3) is 3.60. The molecule has 1 saturated heterocycles. The molecule has 0 aromatic heterocycles. The van der Waals surface area contributed by atoms with Crippen LogP contribution in [0.2, 0.25) is 0 Å². The van der Waals surface area contributed by atoms with Gasteiger partial charge in [-0.25, -0.2) is 9.79 Å². The van der Waals surface area contributed by atoms with Crippen LogP contribution < -0.4 is 0 Å². The van der Waals surface area contributed by atoms with Crippen LogP contribution in [-0.2, 0) is 20.9 Å². The van der Waals surface area contributed by atoms with Gasteiger partial charge in [-0.2, -0.15) is 0 Å². The molecule has 2 aromatic rings. The Hall–Kier alpha value is -2.86. The lowest BCUT2D eigenvalue weighted by Gasteiger charge is -2.38. The Morgan fingerprint density at radius 1 is 1.14 bits per heavy atom. The van der Waals surface area contributed by atoms with Crippen molar-refractivity contribution < 1.29 is 14.3 Å². The number of carbonyl (C=O) groups excluding carboxylic acids is 2. The van der Waals surface area contributed by atoms with Crippen molar-refractivity contribution in [1.29, 1.82) is 0 Å². The van der Waals surface area contributed by atoms with Crippen molar-refractivity contribution in [2.45, 2.75) is 26.0 Å². The zero-order valence-electron chi connectivity index (χ0n) is 15.5. The highest BCUT2D eigenvalue weighted by atomic mass is 32.2. The zero-order valence-corrected chi connectivity index (χ0v) is 16.3. The Morgan fingerprint density at radius 3 is 2.54 bits per heavy atom. The summed E-state index contributed by atoms with van der Waals surface area (Å²) < 4.78 is 5.59. The Balaban J connectivity index is 1.70. The number of allylic oxidation sites excluding steroid dienone is 1. The van der Waals surface area contributed by atoms with Crippen molar-refractivity contribution in [1.82, 2.24) is 4.90 Å². The predicted octanol–water partition coefficient (Wildman–Crippen LogP) is 4.08. The summed E-state index contributed by atoms with van der Waals surface area (Å²) in [6, 6.07) is 18.6. The topological polar surface area (TPSA) is 59.0 Å². The van der Waals surface area contributed by atoms with E-state index >= 15 is 0 Å². The van der Waals surface area contributed by atoms with E-state index in [9.17, 15) is 9.59 Å². The van der Waals surface area contributed by atoms with Crippen LogP contribution in [-0.4, -0.2) is 27.7 Å². The molecule has 0 saturated carbocycles. The number of thioether (sulfide) groups is 1. The summed E-state index contributed by atoms with van der Waals surface area (Å²) in [5, 5.41) is 0.655. The maximum absolute atomic E-state index is 13.1. The number of aliphatic imine (C=N–C) groups is 1. The molecule has 0 radical (unpaired) electrons. The molecular formula is C22H20N2O3S. The van der Waals surface area contributed by atoms with Gasteiger partial charge in [-0.05, 0) is 18.1 Å². The van der Waals surface area contributed by atoms with Gasteiger partial charge in [-0.1, -0.05) is 72.4 Å². The number of hydrogen-bond donors (Lipinski definition) is 0. The van der Waals surface area contributed by atoms with Crippen LogP contribution in [0.3, 0.4) is 0 Å². The normalized spacial score (nSPS) is 19.2. The third-order valence-electron chi connectivity index (χ3n) is 4.75. The quantitative estimate of drug-likeness (QED) is 0.736. The van der Waals surface area contributed by atoms with Crippen molar-refractivity contribution in [3.63, 3.8) is 0 Å². The Labute approximate surface area is 168 Å². The number of ether oxygens (including phenoxy) is 1. The van der Waals surface area contributed by atoms with E-state index in [1.54, 1.807) is 23.6 Å². The molecule has 2 aliphatic heterocycles. The summed E-state index contributed by atoms with van der Waals surface area (Å²) in [4.78, 5) is 32.0. The van der Waals surface area contributed by atoms with E-state index in [4.69, 9.17) is 4.74 Å².